The van der Waals surface area contributed by atoms with Crippen LogP contribution in [-0.2, 0) is 14.6 Å². The largest absolute Gasteiger partial charge is 0.354 e. The quantitative estimate of drug-likeness (QED) is 0.881. The van der Waals surface area contributed by atoms with Crippen molar-refractivity contribution in [2.75, 3.05) is 6.54 Å². The molecule has 23 heavy (non-hydrogen) atoms. The molecule has 0 saturated heterocycles. The van der Waals surface area contributed by atoms with Gasteiger partial charge in [0.15, 0.2) is 9.84 Å². The standard InChI is InChI=1S/C17H20N2O3S/c1-3-17(20)19-12-16(14-5-4-10-18-11-14)23(21,22)15-8-6-13(2)7-9-15/h4-11,16H,3,12H2,1-2H3,(H,19,20). The number of aromatic nitrogens is 1. The van der Waals surface area contributed by atoms with Crippen LogP contribution in [0.5, 0.6) is 0 Å². The molecule has 0 aliphatic heterocycles. The summed E-state index contributed by atoms with van der Waals surface area (Å²) in [6.07, 6.45) is 3.42. The van der Waals surface area contributed by atoms with Crippen molar-refractivity contribution >= 4 is 15.7 Å². The van der Waals surface area contributed by atoms with E-state index in [4.69, 9.17) is 0 Å². The van der Waals surface area contributed by atoms with Crippen LogP contribution in [0.15, 0.2) is 53.7 Å². The lowest BCUT2D eigenvalue weighted by Crippen LogP contribution is -2.31. The number of aryl methyl sites for hydroxylation is 1. The Kier molecular flexibility index (Phi) is 5.50. The Bertz CT molecular complexity index is 756. The van der Waals surface area contributed by atoms with Gasteiger partial charge in [0.25, 0.3) is 0 Å². The van der Waals surface area contributed by atoms with Crippen LogP contribution in [0.4, 0.5) is 0 Å². The summed E-state index contributed by atoms with van der Waals surface area (Å²) in [6.45, 7) is 3.65. The fourth-order valence-electron chi connectivity index (χ4n) is 2.20. The number of carbonyl (C=O) groups excluding carboxylic acids is 1. The first-order chi connectivity index (χ1) is 10.9. The maximum atomic E-state index is 13.0. The lowest BCUT2D eigenvalue weighted by Gasteiger charge is -2.18. The molecular formula is C17H20N2O3S. The van der Waals surface area contributed by atoms with Gasteiger partial charge in [0.2, 0.25) is 5.91 Å². The first-order valence-electron chi connectivity index (χ1n) is 7.42. The summed E-state index contributed by atoms with van der Waals surface area (Å²) in [4.78, 5) is 15.8. The maximum Gasteiger partial charge on any atom is 0.219 e. The van der Waals surface area contributed by atoms with Gasteiger partial charge in [-0.15, -0.1) is 0 Å². The zero-order valence-electron chi connectivity index (χ0n) is 13.2. The highest BCUT2D eigenvalue weighted by Crippen LogP contribution is 2.28. The molecule has 1 amide bonds. The van der Waals surface area contributed by atoms with Crippen LogP contribution in [0.25, 0.3) is 0 Å². The normalized spacial score (nSPS) is 12.6. The van der Waals surface area contributed by atoms with Gasteiger partial charge in [0.05, 0.1) is 4.90 Å². The molecular weight excluding hydrogens is 312 g/mol. The lowest BCUT2D eigenvalue weighted by atomic mass is 10.2. The molecule has 2 rings (SSSR count). The second kappa shape index (κ2) is 7.37. The van der Waals surface area contributed by atoms with Crippen molar-refractivity contribution in [2.24, 2.45) is 0 Å². The highest BCUT2D eigenvalue weighted by molar-refractivity contribution is 7.91. The molecule has 1 aromatic heterocycles. The number of amides is 1. The Morgan fingerprint density at radius 3 is 2.48 bits per heavy atom. The summed E-state index contributed by atoms with van der Waals surface area (Å²) < 4.78 is 25.9. The van der Waals surface area contributed by atoms with Gasteiger partial charge in [0.1, 0.15) is 5.25 Å². The average molecular weight is 332 g/mol. The second-order valence-electron chi connectivity index (χ2n) is 5.29. The predicted molar refractivity (Wildman–Crippen MR) is 88.6 cm³/mol. The van der Waals surface area contributed by atoms with Crippen LogP contribution < -0.4 is 5.32 Å². The molecule has 122 valence electrons. The van der Waals surface area contributed by atoms with Gasteiger partial charge in [-0.2, -0.15) is 0 Å². The minimum absolute atomic E-state index is 0.0224. The van der Waals surface area contributed by atoms with Crippen LogP contribution in [0.1, 0.15) is 29.7 Å². The molecule has 6 heteroatoms. The van der Waals surface area contributed by atoms with Crippen molar-refractivity contribution in [3.8, 4) is 0 Å². The molecule has 5 nitrogen and oxygen atoms in total. The Labute approximate surface area is 136 Å². The fourth-order valence-corrected chi connectivity index (χ4v) is 3.84. The average Bonchev–Trinajstić information content (AvgIpc) is 2.56. The molecule has 0 aliphatic rings. The zero-order chi connectivity index (χ0) is 16.9. The minimum Gasteiger partial charge on any atom is -0.354 e. The Morgan fingerprint density at radius 2 is 1.91 bits per heavy atom. The van der Waals surface area contributed by atoms with E-state index in [1.165, 1.54) is 6.20 Å². The third-order valence-corrected chi connectivity index (χ3v) is 5.70. The van der Waals surface area contributed by atoms with Crippen LogP contribution >= 0.6 is 0 Å². The molecule has 1 atom stereocenters. The summed E-state index contributed by atoms with van der Waals surface area (Å²) >= 11 is 0. The van der Waals surface area contributed by atoms with Gasteiger partial charge >= 0.3 is 0 Å². The van der Waals surface area contributed by atoms with Gasteiger partial charge in [-0.25, -0.2) is 8.42 Å². The van der Waals surface area contributed by atoms with E-state index in [0.29, 0.717) is 12.0 Å². The highest BCUT2D eigenvalue weighted by Gasteiger charge is 2.29. The van der Waals surface area contributed by atoms with E-state index in [9.17, 15) is 13.2 Å². The first-order valence-corrected chi connectivity index (χ1v) is 8.97. The Balaban J connectivity index is 2.39. The molecule has 0 spiro atoms. The monoisotopic (exact) mass is 332 g/mol. The summed E-state index contributed by atoms with van der Waals surface area (Å²) in [5.74, 6) is -0.182. The summed E-state index contributed by atoms with van der Waals surface area (Å²) in [5.41, 5.74) is 1.55. The van der Waals surface area contributed by atoms with E-state index in [-0.39, 0.29) is 17.3 Å². The minimum atomic E-state index is -3.63. The SMILES string of the molecule is CCC(=O)NCC(c1cccnc1)S(=O)(=O)c1ccc(C)cc1. The highest BCUT2D eigenvalue weighted by atomic mass is 32.2. The second-order valence-corrected chi connectivity index (χ2v) is 7.42. The van der Waals surface area contributed by atoms with Gasteiger partial charge in [0, 0.05) is 25.4 Å². The van der Waals surface area contributed by atoms with Gasteiger partial charge in [-0.1, -0.05) is 30.7 Å². The molecule has 0 aliphatic carbocycles. The van der Waals surface area contributed by atoms with Crippen molar-refractivity contribution in [1.82, 2.24) is 10.3 Å². The molecule has 0 saturated carbocycles. The van der Waals surface area contributed by atoms with E-state index in [0.717, 1.165) is 5.56 Å². The smallest absolute Gasteiger partial charge is 0.219 e. The number of hydrogen-bond acceptors (Lipinski definition) is 4. The van der Waals surface area contributed by atoms with Gasteiger partial charge < -0.3 is 5.32 Å². The molecule has 1 heterocycles. The number of carbonyl (C=O) groups is 1. The summed E-state index contributed by atoms with van der Waals surface area (Å²) in [7, 11) is -3.63. The van der Waals surface area contributed by atoms with Crippen molar-refractivity contribution in [3.63, 3.8) is 0 Å². The van der Waals surface area contributed by atoms with E-state index in [1.54, 1.807) is 49.5 Å². The van der Waals surface area contributed by atoms with Crippen LogP contribution in [-0.4, -0.2) is 25.9 Å². The van der Waals surface area contributed by atoms with E-state index in [1.807, 2.05) is 6.92 Å². The maximum absolute atomic E-state index is 13.0. The van der Waals surface area contributed by atoms with Crippen molar-refractivity contribution in [2.45, 2.75) is 30.4 Å². The molecule has 0 bridgehead atoms. The Morgan fingerprint density at radius 1 is 1.22 bits per heavy atom. The summed E-state index contributed by atoms with van der Waals surface area (Å²) in [6, 6.07) is 10.1. The molecule has 1 N–H and O–H groups in total. The van der Waals surface area contributed by atoms with E-state index < -0.39 is 15.1 Å². The third kappa shape index (κ3) is 4.16. The fraction of sp³-hybridized carbons (Fsp3) is 0.294. The van der Waals surface area contributed by atoms with E-state index in [2.05, 4.69) is 10.3 Å². The summed E-state index contributed by atoms with van der Waals surface area (Å²) in [5, 5.41) is 1.81. The molecule has 2 aromatic rings. The molecule has 1 aromatic carbocycles. The number of nitrogens with zero attached hydrogens (tertiary/aromatic N) is 1. The van der Waals surface area contributed by atoms with Crippen LogP contribution in [0.3, 0.4) is 0 Å². The van der Waals surface area contributed by atoms with Gasteiger partial charge in [-0.05, 0) is 30.7 Å². The third-order valence-electron chi connectivity index (χ3n) is 3.59. The number of benzene rings is 1. The number of nitrogens with one attached hydrogen (secondary N) is 1. The zero-order valence-corrected chi connectivity index (χ0v) is 14.0. The first kappa shape index (κ1) is 17.1. The number of rotatable bonds is 6. The molecule has 0 fully saturated rings. The van der Waals surface area contributed by atoms with E-state index >= 15 is 0 Å². The number of hydrogen-bond donors (Lipinski definition) is 1. The van der Waals surface area contributed by atoms with Crippen molar-refractivity contribution in [3.05, 3.63) is 59.9 Å². The van der Waals surface area contributed by atoms with Crippen LogP contribution in [0, 0.1) is 6.92 Å². The van der Waals surface area contributed by atoms with Crippen molar-refractivity contribution < 1.29 is 13.2 Å². The molecule has 1 unspecified atom stereocenters. The predicted octanol–water partition coefficient (Wildman–Crippen LogP) is 2.43. The topological polar surface area (TPSA) is 76.1 Å². The lowest BCUT2D eigenvalue weighted by molar-refractivity contribution is -0.120. The molecule has 0 radical (unpaired) electrons. The van der Waals surface area contributed by atoms with Crippen LogP contribution in [0.2, 0.25) is 0 Å². The van der Waals surface area contributed by atoms with Crippen molar-refractivity contribution in [1.29, 1.82) is 0 Å². The number of sulfone groups is 1. The number of pyridine rings is 1. The van der Waals surface area contributed by atoms with Gasteiger partial charge in [-0.3, -0.25) is 9.78 Å². The Hall–Kier alpha value is -2.21.